The topological polar surface area (TPSA) is 48.1 Å². The van der Waals surface area contributed by atoms with Crippen LogP contribution in [0.3, 0.4) is 0 Å². The van der Waals surface area contributed by atoms with Crippen LogP contribution in [-0.2, 0) is 0 Å². The van der Waals surface area contributed by atoms with Gasteiger partial charge in [-0.3, -0.25) is 4.98 Å². The Morgan fingerprint density at radius 1 is 1.15 bits per heavy atom. The highest BCUT2D eigenvalue weighted by Crippen LogP contribution is 2.34. The lowest BCUT2D eigenvalue weighted by atomic mass is 10.1. The third-order valence-electron chi connectivity index (χ3n) is 2.91. The molecule has 0 aliphatic carbocycles. The van der Waals surface area contributed by atoms with E-state index < -0.39 is 0 Å². The minimum Gasteiger partial charge on any atom is -0.455 e. The van der Waals surface area contributed by atoms with Gasteiger partial charge in [0, 0.05) is 11.6 Å². The molecule has 0 fully saturated rings. The van der Waals surface area contributed by atoms with Gasteiger partial charge in [-0.15, -0.1) is 0 Å². The molecule has 0 aliphatic heterocycles. The highest BCUT2D eigenvalue weighted by atomic mass is 79.9. The first kappa shape index (κ1) is 12.9. The number of halogens is 2. The van der Waals surface area contributed by atoms with E-state index in [-0.39, 0.29) is 5.82 Å². The highest BCUT2D eigenvalue weighted by molar-refractivity contribution is 9.10. The fourth-order valence-corrected chi connectivity index (χ4v) is 2.27. The Morgan fingerprint density at radius 2 is 2.00 bits per heavy atom. The summed E-state index contributed by atoms with van der Waals surface area (Å²) >= 11 is 3.12. The number of hydrogen-bond donors (Lipinski definition) is 1. The summed E-state index contributed by atoms with van der Waals surface area (Å²) in [6, 6.07) is 11.7. The third-order valence-corrected chi connectivity index (χ3v) is 3.51. The number of nitrogens with zero attached hydrogens (tertiary/aromatic N) is 1. The second-order valence-corrected chi connectivity index (χ2v) is 5.08. The van der Waals surface area contributed by atoms with Crippen LogP contribution < -0.4 is 10.5 Å². The Hall–Kier alpha value is -2.14. The van der Waals surface area contributed by atoms with E-state index in [0.29, 0.717) is 21.7 Å². The van der Waals surface area contributed by atoms with Crippen LogP contribution in [0.25, 0.3) is 10.9 Å². The largest absolute Gasteiger partial charge is 0.455 e. The third kappa shape index (κ3) is 2.32. The number of aromatic nitrogens is 1. The lowest BCUT2D eigenvalue weighted by Crippen LogP contribution is -1.94. The number of ether oxygens (including phenoxy) is 1. The van der Waals surface area contributed by atoms with Crippen molar-refractivity contribution in [1.29, 1.82) is 0 Å². The second-order valence-electron chi connectivity index (χ2n) is 4.23. The normalized spacial score (nSPS) is 10.7. The predicted octanol–water partition coefficient (Wildman–Crippen LogP) is 4.51. The summed E-state index contributed by atoms with van der Waals surface area (Å²) in [5.41, 5.74) is 7.40. The molecule has 0 amide bonds. The average Bonchev–Trinajstić information content (AvgIpc) is 2.46. The van der Waals surface area contributed by atoms with Crippen molar-refractivity contribution in [3.63, 3.8) is 0 Å². The Labute approximate surface area is 123 Å². The molecule has 3 nitrogen and oxygen atoms in total. The van der Waals surface area contributed by atoms with Gasteiger partial charge in [0.1, 0.15) is 11.6 Å². The Balaban J connectivity index is 2.02. The standard InChI is InChI=1S/C15H10BrFN2O/c16-11-8-9(3-4-12(11)17)20-14-6-5-13-10(15(14)18)2-1-7-19-13/h1-8H,18H2. The smallest absolute Gasteiger partial charge is 0.151 e. The van der Waals surface area contributed by atoms with Crippen LogP contribution >= 0.6 is 15.9 Å². The summed E-state index contributed by atoms with van der Waals surface area (Å²) in [7, 11) is 0. The van der Waals surface area contributed by atoms with Gasteiger partial charge in [0.15, 0.2) is 5.75 Å². The number of nitrogen functional groups attached to an aromatic ring is 1. The van der Waals surface area contributed by atoms with Crippen LogP contribution in [0.15, 0.2) is 53.1 Å². The van der Waals surface area contributed by atoms with E-state index in [1.807, 2.05) is 18.2 Å². The Morgan fingerprint density at radius 3 is 2.80 bits per heavy atom. The maximum Gasteiger partial charge on any atom is 0.151 e. The summed E-state index contributed by atoms with van der Waals surface area (Å²) in [6.07, 6.45) is 1.71. The van der Waals surface area contributed by atoms with Gasteiger partial charge in [-0.05, 0) is 58.4 Å². The lowest BCUT2D eigenvalue weighted by Gasteiger charge is -2.10. The fraction of sp³-hybridized carbons (Fsp3) is 0. The van der Waals surface area contributed by atoms with Crippen molar-refractivity contribution in [1.82, 2.24) is 4.98 Å². The number of nitrogens with two attached hydrogens (primary N) is 1. The molecule has 100 valence electrons. The molecule has 2 N–H and O–H groups in total. The van der Waals surface area contributed by atoms with Gasteiger partial charge in [-0.25, -0.2) is 4.39 Å². The molecule has 20 heavy (non-hydrogen) atoms. The quantitative estimate of drug-likeness (QED) is 0.702. The van der Waals surface area contributed by atoms with E-state index in [9.17, 15) is 4.39 Å². The molecular weight excluding hydrogens is 323 g/mol. The van der Waals surface area contributed by atoms with Crippen molar-refractivity contribution in [2.75, 3.05) is 5.73 Å². The molecule has 0 bridgehead atoms. The van der Waals surface area contributed by atoms with Gasteiger partial charge in [-0.2, -0.15) is 0 Å². The molecule has 5 heteroatoms. The molecular formula is C15H10BrFN2O. The molecule has 0 atom stereocenters. The van der Waals surface area contributed by atoms with E-state index in [2.05, 4.69) is 20.9 Å². The van der Waals surface area contributed by atoms with Gasteiger partial charge in [0.05, 0.1) is 15.7 Å². The minimum absolute atomic E-state index is 0.340. The molecule has 3 aromatic rings. The molecule has 2 aromatic carbocycles. The van der Waals surface area contributed by atoms with E-state index in [0.717, 1.165) is 10.9 Å². The van der Waals surface area contributed by atoms with Crippen molar-refractivity contribution in [3.05, 3.63) is 59.0 Å². The zero-order valence-corrected chi connectivity index (χ0v) is 11.9. The molecule has 1 aromatic heterocycles. The van der Waals surface area contributed by atoms with Gasteiger partial charge < -0.3 is 10.5 Å². The Bertz CT molecular complexity index is 792. The summed E-state index contributed by atoms with van der Waals surface area (Å²) in [4.78, 5) is 4.22. The first-order valence-corrected chi connectivity index (χ1v) is 6.70. The summed E-state index contributed by atoms with van der Waals surface area (Å²) in [5.74, 6) is 0.685. The number of fused-ring (bicyclic) bond motifs is 1. The van der Waals surface area contributed by atoms with Gasteiger partial charge in [0.25, 0.3) is 0 Å². The number of rotatable bonds is 2. The SMILES string of the molecule is Nc1c(Oc2ccc(F)c(Br)c2)ccc2ncccc12. The van der Waals surface area contributed by atoms with E-state index in [4.69, 9.17) is 10.5 Å². The van der Waals surface area contributed by atoms with Crippen molar-refractivity contribution in [2.24, 2.45) is 0 Å². The predicted molar refractivity (Wildman–Crippen MR) is 80.3 cm³/mol. The van der Waals surface area contributed by atoms with E-state index in [1.54, 1.807) is 24.4 Å². The average molecular weight is 333 g/mol. The molecule has 0 aliphatic rings. The monoisotopic (exact) mass is 332 g/mol. The summed E-state index contributed by atoms with van der Waals surface area (Å²) < 4.78 is 19.2. The highest BCUT2D eigenvalue weighted by Gasteiger charge is 2.08. The fourth-order valence-electron chi connectivity index (χ4n) is 1.91. The molecule has 3 rings (SSSR count). The molecule has 0 unspecified atom stereocenters. The van der Waals surface area contributed by atoms with Crippen molar-refractivity contribution >= 4 is 32.5 Å². The lowest BCUT2D eigenvalue weighted by molar-refractivity contribution is 0.483. The molecule has 1 heterocycles. The zero-order chi connectivity index (χ0) is 14.1. The maximum absolute atomic E-state index is 13.2. The number of hydrogen-bond acceptors (Lipinski definition) is 3. The van der Waals surface area contributed by atoms with Crippen LogP contribution in [-0.4, -0.2) is 4.98 Å². The van der Waals surface area contributed by atoms with Crippen molar-refractivity contribution in [3.8, 4) is 11.5 Å². The van der Waals surface area contributed by atoms with Crippen LogP contribution in [0.5, 0.6) is 11.5 Å². The van der Waals surface area contributed by atoms with Gasteiger partial charge in [-0.1, -0.05) is 0 Å². The maximum atomic E-state index is 13.2. The van der Waals surface area contributed by atoms with Crippen LogP contribution in [0.2, 0.25) is 0 Å². The van der Waals surface area contributed by atoms with Gasteiger partial charge >= 0.3 is 0 Å². The first-order valence-electron chi connectivity index (χ1n) is 5.91. The molecule has 0 radical (unpaired) electrons. The molecule has 0 saturated carbocycles. The van der Waals surface area contributed by atoms with Crippen LogP contribution in [0.4, 0.5) is 10.1 Å². The van der Waals surface area contributed by atoms with E-state index >= 15 is 0 Å². The number of benzene rings is 2. The summed E-state index contributed by atoms with van der Waals surface area (Å²) in [6.45, 7) is 0. The zero-order valence-electron chi connectivity index (χ0n) is 10.3. The van der Waals surface area contributed by atoms with Crippen molar-refractivity contribution in [2.45, 2.75) is 0 Å². The van der Waals surface area contributed by atoms with Crippen LogP contribution in [0, 0.1) is 5.82 Å². The minimum atomic E-state index is -0.340. The van der Waals surface area contributed by atoms with E-state index in [1.165, 1.54) is 6.07 Å². The molecule has 0 spiro atoms. The Kier molecular flexibility index (Phi) is 3.28. The number of anilines is 1. The summed E-state index contributed by atoms with van der Waals surface area (Å²) in [5, 5.41) is 0.825. The number of pyridine rings is 1. The van der Waals surface area contributed by atoms with Gasteiger partial charge in [0.2, 0.25) is 0 Å². The molecule has 0 saturated heterocycles. The van der Waals surface area contributed by atoms with Crippen LogP contribution in [0.1, 0.15) is 0 Å². The second kappa shape index (κ2) is 5.09. The van der Waals surface area contributed by atoms with Crippen molar-refractivity contribution < 1.29 is 9.13 Å². The first-order chi connectivity index (χ1) is 9.65.